The van der Waals surface area contributed by atoms with Crippen molar-refractivity contribution in [2.24, 2.45) is 0 Å². The molecule has 0 spiro atoms. The highest BCUT2D eigenvalue weighted by molar-refractivity contribution is 5.96. The molecular weight excluding hydrogens is 230 g/mol. The van der Waals surface area contributed by atoms with E-state index in [1.807, 2.05) is 0 Å². The molecule has 7 nitrogen and oxygen atoms in total. The number of carboxylic acid groups (broad SMARTS) is 1. The summed E-state index contributed by atoms with van der Waals surface area (Å²) in [6.07, 6.45) is 0. The third-order valence-electron chi connectivity index (χ3n) is 1.94. The Bertz CT molecular complexity index is 482. The summed E-state index contributed by atoms with van der Waals surface area (Å²) in [4.78, 5) is 31.9. The normalized spacial score (nSPS) is 9.71. The Kier molecular flexibility index (Phi) is 3.76. The Morgan fingerprint density at radius 3 is 2.59 bits per heavy atom. The zero-order chi connectivity index (χ0) is 13.0. The van der Waals surface area contributed by atoms with Crippen LogP contribution in [0.3, 0.4) is 0 Å². The average molecular weight is 239 g/mol. The molecule has 1 aromatic carbocycles. The van der Waals surface area contributed by atoms with Crippen molar-refractivity contribution in [2.75, 3.05) is 6.61 Å². The molecule has 0 fully saturated rings. The minimum absolute atomic E-state index is 0.0800. The average Bonchev–Trinajstić information content (AvgIpc) is 2.28. The molecule has 1 aromatic rings. The zero-order valence-electron chi connectivity index (χ0n) is 8.87. The first-order valence-corrected chi connectivity index (χ1v) is 4.66. The number of carbonyl (C=O) groups excluding carboxylic acids is 1. The molecular formula is C10H9NO6. The maximum absolute atomic E-state index is 11.4. The highest BCUT2D eigenvalue weighted by Gasteiger charge is 2.23. The van der Waals surface area contributed by atoms with E-state index in [2.05, 4.69) is 4.74 Å². The van der Waals surface area contributed by atoms with Crippen LogP contribution in [0.2, 0.25) is 0 Å². The van der Waals surface area contributed by atoms with Gasteiger partial charge < -0.3 is 9.84 Å². The molecule has 0 heterocycles. The van der Waals surface area contributed by atoms with E-state index in [9.17, 15) is 19.7 Å². The topological polar surface area (TPSA) is 107 Å². The number of carboxylic acids is 1. The standard InChI is InChI=1S/C10H9NO6/c1-2-17-10(14)7-4-3-6(9(12)13)5-8(7)11(15)16/h3-5H,2H2,1H3,(H,12,13). The van der Waals surface area contributed by atoms with Gasteiger partial charge >= 0.3 is 11.9 Å². The largest absolute Gasteiger partial charge is 0.478 e. The number of carbonyl (C=O) groups is 2. The van der Waals surface area contributed by atoms with Gasteiger partial charge in [-0.25, -0.2) is 9.59 Å². The number of esters is 1. The fourth-order valence-corrected chi connectivity index (χ4v) is 1.20. The van der Waals surface area contributed by atoms with Crippen LogP contribution in [0.4, 0.5) is 5.69 Å². The lowest BCUT2D eigenvalue weighted by molar-refractivity contribution is -0.385. The molecule has 0 saturated carbocycles. The van der Waals surface area contributed by atoms with Crippen molar-refractivity contribution >= 4 is 17.6 Å². The quantitative estimate of drug-likeness (QED) is 0.484. The molecule has 0 unspecified atom stereocenters. The number of hydrogen-bond donors (Lipinski definition) is 1. The number of nitrogens with zero attached hydrogens (tertiary/aromatic N) is 1. The molecule has 7 heteroatoms. The molecule has 1 rings (SSSR count). The monoisotopic (exact) mass is 239 g/mol. The van der Waals surface area contributed by atoms with Crippen LogP contribution in [0.5, 0.6) is 0 Å². The van der Waals surface area contributed by atoms with Crippen molar-refractivity contribution in [3.63, 3.8) is 0 Å². The lowest BCUT2D eigenvalue weighted by Crippen LogP contribution is -2.09. The van der Waals surface area contributed by atoms with Crippen molar-refractivity contribution in [2.45, 2.75) is 6.92 Å². The van der Waals surface area contributed by atoms with Crippen molar-refractivity contribution in [1.29, 1.82) is 0 Å². The summed E-state index contributed by atoms with van der Waals surface area (Å²) in [6, 6.07) is 3.01. The minimum Gasteiger partial charge on any atom is -0.478 e. The highest BCUT2D eigenvalue weighted by atomic mass is 16.6. The van der Waals surface area contributed by atoms with E-state index < -0.39 is 22.5 Å². The summed E-state index contributed by atoms with van der Waals surface area (Å²) < 4.78 is 4.63. The van der Waals surface area contributed by atoms with E-state index in [0.29, 0.717) is 0 Å². The fraction of sp³-hybridized carbons (Fsp3) is 0.200. The second-order valence-electron chi connectivity index (χ2n) is 3.01. The Hall–Kier alpha value is -2.44. The summed E-state index contributed by atoms with van der Waals surface area (Å²) in [5, 5.41) is 19.4. The summed E-state index contributed by atoms with van der Waals surface area (Å²) in [5.41, 5.74) is -1.10. The van der Waals surface area contributed by atoms with E-state index in [-0.39, 0.29) is 17.7 Å². The van der Waals surface area contributed by atoms with Crippen molar-refractivity contribution in [1.82, 2.24) is 0 Å². The van der Waals surface area contributed by atoms with Gasteiger partial charge in [-0.15, -0.1) is 0 Å². The van der Waals surface area contributed by atoms with Crippen LogP contribution in [0, 0.1) is 10.1 Å². The minimum atomic E-state index is -1.30. The van der Waals surface area contributed by atoms with Crippen LogP contribution < -0.4 is 0 Å². The second kappa shape index (κ2) is 5.06. The number of nitro benzene ring substituents is 1. The van der Waals surface area contributed by atoms with E-state index in [1.54, 1.807) is 6.92 Å². The molecule has 0 aromatic heterocycles. The summed E-state index contributed by atoms with van der Waals surface area (Å²) in [5.74, 6) is -2.15. The number of rotatable bonds is 4. The maximum atomic E-state index is 11.4. The number of hydrogen-bond acceptors (Lipinski definition) is 5. The van der Waals surface area contributed by atoms with Crippen LogP contribution in [0.25, 0.3) is 0 Å². The van der Waals surface area contributed by atoms with Crippen LogP contribution in [-0.2, 0) is 4.74 Å². The molecule has 0 saturated heterocycles. The van der Waals surface area contributed by atoms with Gasteiger partial charge in [-0.3, -0.25) is 10.1 Å². The van der Waals surface area contributed by atoms with Crippen molar-refractivity contribution in [3.8, 4) is 0 Å². The van der Waals surface area contributed by atoms with Crippen LogP contribution in [-0.4, -0.2) is 28.6 Å². The SMILES string of the molecule is CCOC(=O)c1ccc(C(=O)O)cc1[N+](=O)[O-]. The molecule has 0 amide bonds. The van der Waals surface area contributed by atoms with Crippen LogP contribution >= 0.6 is 0 Å². The number of ether oxygens (including phenoxy) is 1. The maximum Gasteiger partial charge on any atom is 0.345 e. The second-order valence-corrected chi connectivity index (χ2v) is 3.01. The van der Waals surface area contributed by atoms with E-state index in [1.165, 1.54) is 0 Å². The molecule has 17 heavy (non-hydrogen) atoms. The predicted molar refractivity (Wildman–Crippen MR) is 56.0 cm³/mol. The van der Waals surface area contributed by atoms with Crippen LogP contribution in [0.15, 0.2) is 18.2 Å². The van der Waals surface area contributed by atoms with E-state index >= 15 is 0 Å². The van der Waals surface area contributed by atoms with Gasteiger partial charge in [0.2, 0.25) is 0 Å². The summed E-state index contributed by atoms with van der Waals surface area (Å²) in [7, 11) is 0. The van der Waals surface area contributed by atoms with E-state index in [4.69, 9.17) is 5.11 Å². The first-order chi connectivity index (χ1) is 7.97. The first kappa shape index (κ1) is 12.6. The Balaban J connectivity index is 3.27. The number of benzene rings is 1. The highest BCUT2D eigenvalue weighted by Crippen LogP contribution is 2.21. The fourth-order valence-electron chi connectivity index (χ4n) is 1.20. The number of nitro groups is 1. The molecule has 0 aliphatic heterocycles. The van der Waals surface area contributed by atoms with E-state index in [0.717, 1.165) is 18.2 Å². The molecule has 0 bridgehead atoms. The lowest BCUT2D eigenvalue weighted by atomic mass is 10.1. The lowest BCUT2D eigenvalue weighted by Gasteiger charge is -2.03. The Morgan fingerprint density at radius 1 is 1.47 bits per heavy atom. The molecule has 90 valence electrons. The predicted octanol–water partition coefficient (Wildman–Crippen LogP) is 1.47. The third-order valence-corrected chi connectivity index (χ3v) is 1.94. The third kappa shape index (κ3) is 2.77. The molecule has 1 N–H and O–H groups in total. The number of aromatic carboxylic acids is 1. The molecule has 0 atom stereocenters. The first-order valence-electron chi connectivity index (χ1n) is 4.66. The van der Waals surface area contributed by atoms with Crippen molar-refractivity contribution < 1.29 is 24.4 Å². The smallest absolute Gasteiger partial charge is 0.345 e. The van der Waals surface area contributed by atoms with Crippen molar-refractivity contribution in [3.05, 3.63) is 39.4 Å². The molecule has 0 radical (unpaired) electrons. The van der Waals surface area contributed by atoms with Gasteiger partial charge in [0.15, 0.2) is 0 Å². The van der Waals surface area contributed by atoms with Crippen LogP contribution in [0.1, 0.15) is 27.6 Å². The van der Waals surface area contributed by atoms with Gasteiger partial charge in [-0.2, -0.15) is 0 Å². The Morgan fingerprint density at radius 2 is 2.12 bits per heavy atom. The Labute approximate surface area is 95.8 Å². The van der Waals surface area contributed by atoms with Gasteiger partial charge in [0.25, 0.3) is 5.69 Å². The molecule has 0 aliphatic rings. The van der Waals surface area contributed by atoms with Gasteiger partial charge in [0, 0.05) is 6.07 Å². The molecule has 0 aliphatic carbocycles. The summed E-state index contributed by atoms with van der Waals surface area (Å²) >= 11 is 0. The van der Waals surface area contributed by atoms with Gasteiger partial charge in [0.05, 0.1) is 17.1 Å². The van der Waals surface area contributed by atoms with Gasteiger partial charge in [-0.1, -0.05) is 0 Å². The van der Waals surface area contributed by atoms with Gasteiger partial charge in [-0.05, 0) is 19.1 Å². The summed E-state index contributed by atoms with van der Waals surface area (Å²) in [6.45, 7) is 1.64. The zero-order valence-corrected chi connectivity index (χ0v) is 8.87. The van der Waals surface area contributed by atoms with Gasteiger partial charge in [0.1, 0.15) is 5.56 Å².